The molecule has 1 aliphatic heterocycles. The summed E-state index contributed by atoms with van der Waals surface area (Å²) < 4.78 is 13.4. The SMILES string of the molecule is NC(=O)C1CCCN(c2ncnc3[nH]c4cc(F)ccc4c23)C1. The summed E-state index contributed by atoms with van der Waals surface area (Å²) in [7, 11) is 0. The second kappa shape index (κ2) is 5.19. The largest absolute Gasteiger partial charge is 0.369 e. The molecule has 1 aliphatic rings. The summed E-state index contributed by atoms with van der Waals surface area (Å²) in [6.07, 6.45) is 3.17. The summed E-state index contributed by atoms with van der Waals surface area (Å²) in [5, 5.41) is 1.73. The molecule has 1 amide bonds. The van der Waals surface area contributed by atoms with Gasteiger partial charge in [0, 0.05) is 18.5 Å². The summed E-state index contributed by atoms with van der Waals surface area (Å²) in [6.45, 7) is 1.36. The lowest BCUT2D eigenvalue weighted by molar-refractivity contribution is -0.122. The predicted octanol–water partition coefficient (Wildman–Crippen LogP) is 1.95. The third-order valence-corrected chi connectivity index (χ3v) is 4.45. The number of piperidine rings is 1. The van der Waals surface area contributed by atoms with E-state index in [0.29, 0.717) is 17.7 Å². The van der Waals surface area contributed by atoms with E-state index >= 15 is 0 Å². The fourth-order valence-corrected chi connectivity index (χ4v) is 3.33. The van der Waals surface area contributed by atoms with Crippen molar-refractivity contribution in [3.05, 3.63) is 30.3 Å². The van der Waals surface area contributed by atoms with E-state index in [1.54, 1.807) is 6.07 Å². The van der Waals surface area contributed by atoms with Crippen molar-refractivity contribution in [2.45, 2.75) is 12.8 Å². The molecule has 0 radical (unpaired) electrons. The summed E-state index contributed by atoms with van der Waals surface area (Å²) >= 11 is 0. The molecule has 3 aromatic rings. The van der Waals surface area contributed by atoms with Gasteiger partial charge in [-0.3, -0.25) is 4.79 Å². The van der Waals surface area contributed by atoms with Crippen molar-refractivity contribution >= 4 is 33.7 Å². The van der Waals surface area contributed by atoms with Crippen molar-refractivity contribution in [1.29, 1.82) is 0 Å². The number of rotatable bonds is 2. The number of H-pyrrole nitrogens is 1. The number of aromatic amines is 1. The van der Waals surface area contributed by atoms with Crippen molar-refractivity contribution < 1.29 is 9.18 Å². The summed E-state index contributed by atoms with van der Waals surface area (Å²) in [6, 6.07) is 4.60. The molecular formula is C16H16FN5O. The number of amides is 1. The average Bonchev–Trinajstić information content (AvgIpc) is 2.92. The van der Waals surface area contributed by atoms with Gasteiger partial charge in [-0.2, -0.15) is 0 Å². The zero-order valence-electron chi connectivity index (χ0n) is 12.4. The number of nitrogens with zero attached hydrogens (tertiary/aromatic N) is 3. The molecule has 1 unspecified atom stereocenters. The molecule has 4 rings (SSSR count). The molecule has 3 N–H and O–H groups in total. The van der Waals surface area contributed by atoms with E-state index in [1.165, 1.54) is 18.5 Å². The second-order valence-corrected chi connectivity index (χ2v) is 5.92. The standard InChI is InChI=1S/C16H16FN5O/c17-10-3-4-11-12(6-10)21-15-13(11)16(20-8-19-15)22-5-1-2-9(7-22)14(18)23/h3-4,6,8-9H,1-2,5,7H2,(H2,18,23)(H,19,20,21). The van der Waals surface area contributed by atoms with Crippen LogP contribution in [0.15, 0.2) is 24.5 Å². The molecule has 118 valence electrons. The first kappa shape index (κ1) is 13.9. The Labute approximate surface area is 131 Å². The first-order valence-corrected chi connectivity index (χ1v) is 7.59. The monoisotopic (exact) mass is 313 g/mol. The van der Waals surface area contributed by atoms with Crippen LogP contribution in [0.4, 0.5) is 10.2 Å². The first-order chi connectivity index (χ1) is 11.1. The fourth-order valence-electron chi connectivity index (χ4n) is 3.33. The van der Waals surface area contributed by atoms with Crippen LogP contribution in [-0.4, -0.2) is 33.9 Å². The van der Waals surface area contributed by atoms with Gasteiger partial charge in [-0.1, -0.05) is 0 Å². The maximum atomic E-state index is 13.4. The molecule has 7 heteroatoms. The van der Waals surface area contributed by atoms with Crippen LogP contribution in [0.5, 0.6) is 0 Å². The quantitative estimate of drug-likeness (QED) is 0.757. The van der Waals surface area contributed by atoms with Crippen LogP contribution in [0.3, 0.4) is 0 Å². The minimum atomic E-state index is -0.301. The number of nitrogens with two attached hydrogens (primary N) is 1. The Balaban J connectivity index is 1.86. The molecule has 3 heterocycles. The number of primary amides is 1. The lowest BCUT2D eigenvalue weighted by Crippen LogP contribution is -2.41. The number of nitrogens with one attached hydrogen (secondary N) is 1. The van der Waals surface area contributed by atoms with Gasteiger partial charge >= 0.3 is 0 Å². The van der Waals surface area contributed by atoms with Crippen LogP contribution in [-0.2, 0) is 4.79 Å². The Morgan fingerprint density at radius 1 is 1.39 bits per heavy atom. The minimum Gasteiger partial charge on any atom is -0.369 e. The van der Waals surface area contributed by atoms with E-state index in [2.05, 4.69) is 19.9 Å². The highest BCUT2D eigenvalue weighted by atomic mass is 19.1. The lowest BCUT2D eigenvalue weighted by atomic mass is 9.97. The van der Waals surface area contributed by atoms with Gasteiger partial charge in [0.05, 0.1) is 16.8 Å². The smallest absolute Gasteiger partial charge is 0.222 e. The minimum absolute atomic E-state index is 0.170. The number of hydrogen-bond acceptors (Lipinski definition) is 4. The van der Waals surface area contributed by atoms with Gasteiger partial charge in [-0.15, -0.1) is 0 Å². The Bertz CT molecular complexity index is 906. The maximum absolute atomic E-state index is 13.4. The van der Waals surface area contributed by atoms with E-state index in [4.69, 9.17) is 5.73 Å². The average molecular weight is 313 g/mol. The molecule has 1 fully saturated rings. The fraction of sp³-hybridized carbons (Fsp3) is 0.312. The van der Waals surface area contributed by atoms with Crippen LogP contribution in [0.1, 0.15) is 12.8 Å². The number of benzene rings is 1. The Morgan fingerprint density at radius 3 is 3.09 bits per heavy atom. The van der Waals surface area contributed by atoms with Gasteiger partial charge in [0.25, 0.3) is 0 Å². The molecular weight excluding hydrogens is 297 g/mol. The molecule has 1 aromatic carbocycles. The van der Waals surface area contributed by atoms with Gasteiger partial charge in [0.15, 0.2) is 0 Å². The molecule has 6 nitrogen and oxygen atoms in total. The van der Waals surface area contributed by atoms with Gasteiger partial charge in [-0.25, -0.2) is 14.4 Å². The van der Waals surface area contributed by atoms with Crippen LogP contribution in [0.25, 0.3) is 21.9 Å². The number of anilines is 1. The normalized spacial score (nSPS) is 18.7. The van der Waals surface area contributed by atoms with Crippen molar-refractivity contribution in [1.82, 2.24) is 15.0 Å². The zero-order chi connectivity index (χ0) is 16.0. The van der Waals surface area contributed by atoms with Crippen molar-refractivity contribution in [2.24, 2.45) is 11.7 Å². The van der Waals surface area contributed by atoms with Crippen LogP contribution in [0.2, 0.25) is 0 Å². The highest BCUT2D eigenvalue weighted by Gasteiger charge is 2.26. The number of aromatic nitrogens is 3. The van der Waals surface area contributed by atoms with Gasteiger partial charge in [0.1, 0.15) is 23.6 Å². The molecule has 0 spiro atoms. The Hall–Kier alpha value is -2.70. The third kappa shape index (κ3) is 2.28. The summed E-state index contributed by atoms with van der Waals surface area (Å²) in [5.74, 6) is 0.0153. The van der Waals surface area contributed by atoms with E-state index in [1.807, 2.05) is 0 Å². The van der Waals surface area contributed by atoms with Crippen LogP contribution < -0.4 is 10.6 Å². The van der Waals surface area contributed by atoms with E-state index in [0.717, 1.165) is 36.0 Å². The van der Waals surface area contributed by atoms with E-state index in [-0.39, 0.29) is 17.6 Å². The molecule has 0 bridgehead atoms. The van der Waals surface area contributed by atoms with Crippen molar-refractivity contribution in [3.8, 4) is 0 Å². The molecule has 0 saturated carbocycles. The van der Waals surface area contributed by atoms with Gasteiger partial charge in [-0.05, 0) is 31.0 Å². The number of carbonyl (C=O) groups is 1. The topological polar surface area (TPSA) is 87.9 Å². The van der Waals surface area contributed by atoms with Crippen LogP contribution in [0, 0.1) is 11.7 Å². The van der Waals surface area contributed by atoms with E-state index < -0.39 is 0 Å². The second-order valence-electron chi connectivity index (χ2n) is 5.92. The number of hydrogen-bond donors (Lipinski definition) is 2. The molecule has 1 atom stereocenters. The molecule has 2 aromatic heterocycles. The lowest BCUT2D eigenvalue weighted by Gasteiger charge is -2.32. The Morgan fingerprint density at radius 2 is 2.26 bits per heavy atom. The first-order valence-electron chi connectivity index (χ1n) is 7.59. The summed E-state index contributed by atoms with van der Waals surface area (Å²) in [4.78, 5) is 25.4. The predicted molar refractivity (Wildman–Crippen MR) is 85.5 cm³/mol. The van der Waals surface area contributed by atoms with Crippen LogP contribution >= 0.6 is 0 Å². The maximum Gasteiger partial charge on any atom is 0.222 e. The zero-order valence-corrected chi connectivity index (χ0v) is 12.4. The van der Waals surface area contributed by atoms with Gasteiger partial charge < -0.3 is 15.6 Å². The number of halogens is 1. The third-order valence-electron chi connectivity index (χ3n) is 4.45. The summed E-state index contributed by atoms with van der Waals surface area (Å²) in [5.41, 5.74) is 6.81. The Kier molecular flexibility index (Phi) is 3.14. The molecule has 0 aliphatic carbocycles. The van der Waals surface area contributed by atoms with E-state index in [9.17, 15) is 9.18 Å². The van der Waals surface area contributed by atoms with Crippen molar-refractivity contribution in [3.63, 3.8) is 0 Å². The number of carbonyl (C=O) groups excluding carboxylic acids is 1. The highest BCUT2D eigenvalue weighted by Crippen LogP contribution is 2.33. The number of fused-ring (bicyclic) bond motifs is 3. The van der Waals surface area contributed by atoms with Crippen molar-refractivity contribution in [2.75, 3.05) is 18.0 Å². The van der Waals surface area contributed by atoms with Gasteiger partial charge in [0.2, 0.25) is 5.91 Å². The molecule has 1 saturated heterocycles. The molecule has 23 heavy (non-hydrogen) atoms. The highest BCUT2D eigenvalue weighted by molar-refractivity contribution is 6.11.